The van der Waals surface area contributed by atoms with Crippen molar-refractivity contribution in [2.24, 2.45) is 0 Å². The fraction of sp³-hybridized carbons (Fsp3) is 0.0833. The Bertz CT molecular complexity index is 2080. The van der Waals surface area contributed by atoms with Crippen molar-refractivity contribution in [3.63, 3.8) is 0 Å². The second kappa shape index (κ2) is 8.79. The average Bonchev–Trinajstić information content (AvgIpc) is 3.57. The van der Waals surface area contributed by atoms with Gasteiger partial charge in [0.25, 0.3) is 0 Å². The summed E-state index contributed by atoms with van der Waals surface area (Å²) in [4.78, 5) is 4.84. The summed E-state index contributed by atoms with van der Waals surface area (Å²) >= 11 is 1.87. The van der Waals surface area contributed by atoms with Crippen LogP contribution in [0.2, 0.25) is 0 Å². The molecule has 0 amide bonds. The Hall–Kier alpha value is -4.47. The standard InChI is InChI=1S/C32H22N2S.C4H6/c1-32(2)25-10-5-3-8-20(25)21-14-13-19(16-26(21)32)34-27-11-7-15-33-31(27)24-17-23-22-9-4-6-12-29(22)35-30(23)18-28(24)34;1-3-4-2/h3-18H,1-2H3;3-4H,1-2H2. The number of fused-ring (bicyclic) bond motifs is 9. The minimum absolute atomic E-state index is 0.0301. The van der Waals surface area contributed by atoms with Crippen LogP contribution in [0, 0.1) is 0 Å². The first-order valence-electron chi connectivity index (χ1n) is 13.2. The molecule has 0 N–H and O–H groups in total. The third-order valence-electron chi connectivity index (χ3n) is 8.01. The van der Waals surface area contributed by atoms with E-state index in [2.05, 4.69) is 117 Å². The maximum atomic E-state index is 4.84. The molecule has 0 radical (unpaired) electrons. The van der Waals surface area contributed by atoms with Crippen molar-refractivity contribution in [2.45, 2.75) is 19.3 Å². The number of rotatable bonds is 2. The monoisotopic (exact) mass is 520 g/mol. The first-order chi connectivity index (χ1) is 19.0. The first-order valence-corrected chi connectivity index (χ1v) is 14.0. The molecule has 1 aliphatic rings. The highest BCUT2D eigenvalue weighted by molar-refractivity contribution is 7.25. The number of aromatic nitrogens is 2. The number of thiophene rings is 1. The fourth-order valence-corrected chi connectivity index (χ4v) is 7.28. The summed E-state index contributed by atoms with van der Waals surface area (Å²) in [6, 6.07) is 33.5. The highest BCUT2D eigenvalue weighted by atomic mass is 32.1. The minimum atomic E-state index is -0.0301. The molecule has 2 nitrogen and oxygen atoms in total. The van der Waals surface area contributed by atoms with Crippen LogP contribution in [0.15, 0.2) is 123 Å². The quantitative estimate of drug-likeness (QED) is 0.207. The number of allylic oxidation sites excluding steroid dienone is 2. The lowest BCUT2D eigenvalue weighted by atomic mass is 9.82. The van der Waals surface area contributed by atoms with Gasteiger partial charge < -0.3 is 4.57 Å². The number of pyridine rings is 1. The summed E-state index contributed by atoms with van der Waals surface area (Å²) in [6.45, 7) is 11.4. The largest absolute Gasteiger partial charge is 0.308 e. The van der Waals surface area contributed by atoms with E-state index in [-0.39, 0.29) is 5.41 Å². The molecule has 188 valence electrons. The normalized spacial score (nSPS) is 13.3. The molecule has 3 heterocycles. The van der Waals surface area contributed by atoms with E-state index in [1.165, 1.54) is 59.0 Å². The molecule has 0 saturated heterocycles. The summed E-state index contributed by atoms with van der Waals surface area (Å²) in [7, 11) is 0. The topological polar surface area (TPSA) is 17.8 Å². The molecule has 0 fully saturated rings. The highest BCUT2D eigenvalue weighted by Crippen LogP contribution is 2.49. The predicted octanol–water partition coefficient (Wildman–Crippen LogP) is 10.2. The van der Waals surface area contributed by atoms with Gasteiger partial charge in [-0.15, -0.1) is 11.3 Å². The first kappa shape index (κ1) is 23.6. The van der Waals surface area contributed by atoms with Crippen LogP contribution >= 0.6 is 11.3 Å². The molecule has 3 heteroatoms. The molecule has 0 bridgehead atoms. The van der Waals surface area contributed by atoms with Crippen LogP contribution in [0.25, 0.3) is 58.9 Å². The zero-order valence-corrected chi connectivity index (χ0v) is 22.9. The molecule has 8 rings (SSSR count). The molecule has 4 aromatic carbocycles. The Morgan fingerprint density at radius 1 is 0.692 bits per heavy atom. The van der Waals surface area contributed by atoms with Crippen LogP contribution in [0.5, 0.6) is 0 Å². The summed E-state index contributed by atoms with van der Waals surface area (Å²) in [5.41, 5.74) is 10.1. The summed E-state index contributed by atoms with van der Waals surface area (Å²) in [6.07, 6.45) is 5.19. The third kappa shape index (κ3) is 3.43. The van der Waals surface area contributed by atoms with Gasteiger partial charge in [-0.2, -0.15) is 0 Å². The van der Waals surface area contributed by atoms with Gasteiger partial charge in [-0.1, -0.05) is 87.7 Å². The molecular formula is C36H28N2S. The zero-order valence-electron chi connectivity index (χ0n) is 22.1. The Kier molecular flexibility index (Phi) is 5.33. The van der Waals surface area contributed by atoms with Crippen molar-refractivity contribution in [2.75, 3.05) is 0 Å². The molecule has 0 spiro atoms. The molecule has 3 aromatic heterocycles. The van der Waals surface area contributed by atoms with Crippen LogP contribution in [-0.4, -0.2) is 9.55 Å². The maximum Gasteiger partial charge on any atom is 0.0963 e. The van der Waals surface area contributed by atoms with Crippen LogP contribution in [0.4, 0.5) is 0 Å². The minimum Gasteiger partial charge on any atom is -0.308 e. The molecule has 0 atom stereocenters. The van der Waals surface area contributed by atoms with Crippen LogP contribution in [0.3, 0.4) is 0 Å². The van der Waals surface area contributed by atoms with E-state index >= 15 is 0 Å². The smallest absolute Gasteiger partial charge is 0.0963 e. The average molecular weight is 521 g/mol. The van der Waals surface area contributed by atoms with Crippen molar-refractivity contribution in [1.82, 2.24) is 9.55 Å². The summed E-state index contributed by atoms with van der Waals surface area (Å²) in [5, 5.41) is 3.84. The van der Waals surface area contributed by atoms with Gasteiger partial charge in [0.05, 0.1) is 16.6 Å². The van der Waals surface area contributed by atoms with Gasteiger partial charge in [0, 0.05) is 42.9 Å². The van der Waals surface area contributed by atoms with E-state index in [0.29, 0.717) is 0 Å². The van der Waals surface area contributed by atoms with Gasteiger partial charge in [0.1, 0.15) is 0 Å². The predicted molar refractivity (Wildman–Crippen MR) is 169 cm³/mol. The lowest BCUT2D eigenvalue weighted by Gasteiger charge is -2.22. The van der Waals surface area contributed by atoms with E-state index in [9.17, 15) is 0 Å². The van der Waals surface area contributed by atoms with Gasteiger partial charge in [-0.3, -0.25) is 4.98 Å². The maximum absolute atomic E-state index is 4.84. The Labute approximate surface area is 232 Å². The van der Waals surface area contributed by atoms with E-state index in [0.717, 1.165) is 11.0 Å². The van der Waals surface area contributed by atoms with Gasteiger partial charge >= 0.3 is 0 Å². The SMILES string of the molecule is C=CC=C.CC1(C)c2ccccc2-c2ccc(-n3c4cc5sc6ccccc6c5cc4c4ncccc43)cc21. The molecule has 0 aliphatic heterocycles. The number of benzene rings is 4. The van der Waals surface area contributed by atoms with Gasteiger partial charge in [0.15, 0.2) is 0 Å². The van der Waals surface area contributed by atoms with Crippen molar-refractivity contribution in [3.8, 4) is 16.8 Å². The van der Waals surface area contributed by atoms with Crippen LogP contribution < -0.4 is 0 Å². The van der Waals surface area contributed by atoms with Crippen LogP contribution in [-0.2, 0) is 5.41 Å². The second-order valence-corrected chi connectivity index (χ2v) is 11.6. The van der Waals surface area contributed by atoms with E-state index < -0.39 is 0 Å². The Morgan fingerprint density at radius 3 is 2.31 bits per heavy atom. The van der Waals surface area contributed by atoms with E-state index in [1.807, 2.05) is 23.6 Å². The molecule has 7 aromatic rings. The van der Waals surface area contributed by atoms with E-state index in [1.54, 1.807) is 12.2 Å². The summed E-state index contributed by atoms with van der Waals surface area (Å²) in [5.74, 6) is 0. The van der Waals surface area contributed by atoms with Crippen LogP contribution in [0.1, 0.15) is 25.0 Å². The second-order valence-electron chi connectivity index (χ2n) is 10.5. The molecular weight excluding hydrogens is 492 g/mol. The molecule has 39 heavy (non-hydrogen) atoms. The highest BCUT2D eigenvalue weighted by Gasteiger charge is 2.35. The fourth-order valence-electron chi connectivity index (χ4n) is 6.16. The lowest BCUT2D eigenvalue weighted by Crippen LogP contribution is -2.15. The Balaban J connectivity index is 0.000000595. The van der Waals surface area contributed by atoms with E-state index in [4.69, 9.17) is 4.98 Å². The number of hydrogen-bond donors (Lipinski definition) is 0. The lowest BCUT2D eigenvalue weighted by molar-refractivity contribution is 0.660. The molecule has 1 aliphatic carbocycles. The van der Waals surface area contributed by atoms with Crippen molar-refractivity contribution < 1.29 is 0 Å². The Morgan fingerprint density at radius 2 is 1.46 bits per heavy atom. The molecule has 0 saturated carbocycles. The van der Waals surface area contributed by atoms with Crippen molar-refractivity contribution in [1.29, 1.82) is 0 Å². The van der Waals surface area contributed by atoms with Gasteiger partial charge in [-0.05, 0) is 64.7 Å². The number of hydrogen-bond acceptors (Lipinski definition) is 2. The van der Waals surface area contributed by atoms with Crippen molar-refractivity contribution >= 4 is 53.4 Å². The number of nitrogens with zero attached hydrogens (tertiary/aromatic N) is 2. The summed E-state index contributed by atoms with van der Waals surface area (Å²) < 4.78 is 5.05. The van der Waals surface area contributed by atoms with Crippen molar-refractivity contribution in [3.05, 3.63) is 134 Å². The van der Waals surface area contributed by atoms with Gasteiger partial charge in [-0.25, -0.2) is 0 Å². The molecule has 0 unspecified atom stereocenters. The third-order valence-corrected chi connectivity index (χ3v) is 9.14. The zero-order chi connectivity index (χ0) is 26.7. The van der Waals surface area contributed by atoms with Gasteiger partial charge in [0.2, 0.25) is 0 Å².